The molecule has 7 heteroatoms. The van der Waals surface area contributed by atoms with Crippen LogP contribution < -0.4 is 10.1 Å². The molecule has 1 aliphatic rings. The largest absolute Gasteiger partial charge is 0.491 e. The number of hydrogen-bond donors (Lipinski definition) is 1. The molecule has 1 aliphatic heterocycles. The maximum atomic E-state index is 12.4. The molecule has 2 rings (SSSR count). The molecule has 0 spiro atoms. The number of ether oxygens (including phenoxy) is 2. The van der Waals surface area contributed by atoms with Crippen molar-refractivity contribution < 1.29 is 19.1 Å². The van der Waals surface area contributed by atoms with Gasteiger partial charge in [0.05, 0.1) is 12.3 Å². The topological polar surface area (TPSA) is 71.1 Å². The van der Waals surface area contributed by atoms with Crippen LogP contribution in [-0.4, -0.2) is 67.2 Å². The normalized spacial score (nSPS) is 15.0. The monoisotopic (exact) mass is 447 g/mol. The zero-order valence-corrected chi connectivity index (χ0v) is 20.7. The van der Waals surface area contributed by atoms with Crippen molar-refractivity contribution >= 4 is 17.7 Å². The number of unbranched alkanes of at least 4 members (excludes halogenated alkanes) is 2. The van der Waals surface area contributed by atoms with E-state index in [0.717, 1.165) is 50.8 Å². The zero-order chi connectivity index (χ0) is 23.7. The van der Waals surface area contributed by atoms with Gasteiger partial charge < -0.3 is 19.3 Å². The molecule has 1 aromatic carbocycles. The van der Waals surface area contributed by atoms with Gasteiger partial charge >= 0.3 is 6.09 Å². The van der Waals surface area contributed by atoms with Crippen LogP contribution in [-0.2, 0) is 9.53 Å². The van der Waals surface area contributed by atoms with Gasteiger partial charge in [0.25, 0.3) is 0 Å². The minimum Gasteiger partial charge on any atom is -0.491 e. The Morgan fingerprint density at radius 3 is 2.44 bits per heavy atom. The molecule has 180 valence electrons. The fraction of sp³-hybridized carbons (Fsp3) is 0.680. The number of nitrogens with one attached hydrogen (secondary N) is 1. The van der Waals surface area contributed by atoms with Crippen LogP contribution in [0.4, 0.5) is 10.5 Å². The lowest BCUT2D eigenvalue weighted by Crippen LogP contribution is -2.44. The molecule has 0 radical (unpaired) electrons. The standard InChI is InChI=1S/C25H41N3O4/c1-19-11-12-21(26-24(30)32-25(2,3)4)22(18-19)31-17-9-7-8-10-23(29)28-15-13-20(14-16-28)27(5)6/h11-12,18,20H,7-10,13-17H2,1-6H3,(H,26,30). The summed E-state index contributed by atoms with van der Waals surface area (Å²) in [4.78, 5) is 28.8. The van der Waals surface area contributed by atoms with Crippen molar-refractivity contribution in [3.63, 3.8) is 0 Å². The number of rotatable bonds is 9. The first-order valence-corrected chi connectivity index (χ1v) is 11.7. The van der Waals surface area contributed by atoms with E-state index < -0.39 is 11.7 Å². The Morgan fingerprint density at radius 2 is 1.81 bits per heavy atom. The second-order valence-electron chi connectivity index (χ2n) is 9.86. The van der Waals surface area contributed by atoms with E-state index >= 15 is 0 Å². The van der Waals surface area contributed by atoms with Crippen LogP contribution in [0.1, 0.15) is 64.9 Å². The van der Waals surface area contributed by atoms with Crippen molar-refractivity contribution in [3.05, 3.63) is 23.8 Å². The molecule has 0 aliphatic carbocycles. The summed E-state index contributed by atoms with van der Waals surface area (Å²) in [5.41, 5.74) is 1.09. The molecule has 7 nitrogen and oxygen atoms in total. The van der Waals surface area contributed by atoms with E-state index in [1.807, 2.05) is 50.8 Å². The van der Waals surface area contributed by atoms with Gasteiger partial charge in [-0.2, -0.15) is 0 Å². The van der Waals surface area contributed by atoms with Gasteiger partial charge in [0.1, 0.15) is 11.4 Å². The lowest BCUT2D eigenvalue weighted by Gasteiger charge is -2.35. The van der Waals surface area contributed by atoms with Gasteiger partial charge in [-0.25, -0.2) is 4.79 Å². The third-order valence-corrected chi connectivity index (χ3v) is 5.61. The molecule has 1 N–H and O–H groups in total. The minimum absolute atomic E-state index is 0.269. The van der Waals surface area contributed by atoms with Gasteiger partial charge in [0.2, 0.25) is 5.91 Å². The van der Waals surface area contributed by atoms with E-state index in [1.54, 1.807) is 0 Å². The number of aryl methyl sites for hydroxylation is 1. The number of amides is 2. The molecule has 1 saturated heterocycles. The summed E-state index contributed by atoms with van der Waals surface area (Å²) >= 11 is 0. The highest BCUT2D eigenvalue weighted by molar-refractivity contribution is 5.87. The predicted octanol–water partition coefficient (Wildman–Crippen LogP) is 4.83. The van der Waals surface area contributed by atoms with E-state index in [2.05, 4.69) is 24.3 Å². The Balaban J connectivity index is 1.70. The van der Waals surface area contributed by atoms with Crippen molar-refractivity contribution in [1.29, 1.82) is 0 Å². The van der Waals surface area contributed by atoms with Crippen LogP contribution in [0.5, 0.6) is 5.75 Å². The second kappa shape index (κ2) is 12.1. The summed E-state index contributed by atoms with van der Waals surface area (Å²) in [7, 11) is 4.22. The van der Waals surface area contributed by atoms with Gasteiger partial charge in [-0.3, -0.25) is 10.1 Å². The summed E-state index contributed by atoms with van der Waals surface area (Å²) < 4.78 is 11.3. The van der Waals surface area contributed by atoms with Crippen LogP contribution >= 0.6 is 0 Å². The third-order valence-electron chi connectivity index (χ3n) is 5.61. The maximum Gasteiger partial charge on any atom is 0.412 e. The summed E-state index contributed by atoms with van der Waals surface area (Å²) in [6.07, 6.45) is 4.87. The number of hydrogen-bond acceptors (Lipinski definition) is 5. The fourth-order valence-corrected chi connectivity index (χ4v) is 3.79. The quantitative estimate of drug-likeness (QED) is 0.549. The molecule has 32 heavy (non-hydrogen) atoms. The minimum atomic E-state index is -0.560. The van der Waals surface area contributed by atoms with E-state index in [0.29, 0.717) is 30.5 Å². The summed E-state index contributed by atoms with van der Waals surface area (Å²) in [6.45, 7) is 9.74. The summed E-state index contributed by atoms with van der Waals surface area (Å²) in [6, 6.07) is 6.25. The fourth-order valence-electron chi connectivity index (χ4n) is 3.79. The van der Waals surface area contributed by atoms with E-state index in [9.17, 15) is 9.59 Å². The van der Waals surface area contributed by atoms with Crippen LogP contribution in [0, 0.1) is 6.92 Å². The van der Waals surface area contributed by atoms with Gasteiger partial charge in [0, 0.05) is 25.6 Å². The molecule has 2 amide bonds. The van der Waals surface area contributed by atoms with Crippen molar-refractivity contribution in [3.8, 4) is 5.75 Å². The number of benzene rings is 1. The van der Waals surface area contributed by atoms with E-state index in [4.69, 9.17) is 9.47 Å². The molecule has 1 fully saturated rings. The molecular weight excluding hydrogens is 406 g/mol. The summed E-state index contributed by atoms with van der Waals surface area (Å²) in [5, 5.41) is 2.77. The molecule has 0 atom stereocenters. The highest BCUT2D eigenvalue weighted by Crippen LogP contribution is 2.27. The molecule has 1 heterocycles. The summed E-state index contributed by atoms with van der Waals surface area (Å²) in [5.74, 6) is 0.904. The number of carbonyl (C=O) groups excluding carboxylic acids is 2. The van der Waals surface area contributed by atoms with Crippen molar-refractivity contribution in [2.75, 3.05) is 39.1 Å². The van der Waals surface area contributed by atoms with Gasteiger partial charge in [-0.1, -0.05) is 6.07 Å². The Kier molecular flexibility index (Phi) is 9.82. The second-order valence-corrected chi connectivity index (χ2v) is 9.86. The SMILES string of the molecule is Cc1ccc(NC(=O)OC(C)(C)C)c(OCCCCCC(=O)N2CCC(N(C)C)CC2)c1. The van der Waals surface area contributed by atoms with Gasteiger partial charge in [0.15, 0.2) is 0 Å². The Bertz CT molecular complexity index is 750. The van der Waals surface area contributed by atoms with Crippen LogP contribution in [0.3, 0.4) is 0 Å². The van der Waals surface area contributed by atoms with Crippen molar-refractivity contribution in [2.45, 2.75) is 77.9 Å². The van der Waals surface area contributed by atoms with Gasteiger partial charge in [-0.05, 0) is 91.6 Å². The Labute approximate surface area is 193 Å². The first-order valence-electron chi connectivity index (χ1n) is 11.7. The Morgan fingerprint density at radius 1 is 1.12 bits per heavy atom. The smallest absolute Gasteiger partial charge is 0.412 e. The van der Waals surface area contributed by atoms with Crippen LogP contribution in [0.25, 0.3) is 0 Å². The first kappa shape index (κ1) is 26.0. The molecule has 0 aromatic heterocycles. The average Bonchev–Trinajstić information content (AvgIpc) is 2.71. The zero-order valence-electron chi connectivity index (χ0n) is 20.7. The molecule has 0 unspecified atom stereocenters. The molecule has 0 saturated carbocycles. The highest BCUT2D eigenvalue weighted by Gasteiger charge is 2.23. The maximum absolute atomic E-state index is 12.4. The van der Waals surface area contributed by atoms with Crippen molar-refractivity contribution in [1.82, 2.24) is 9.80 Å². The van der Waals surface area contributed by atoms with Gasteiger partial charge in [-0.15, -0.1) is 0 Å². The lowest BCUT2D eigenvalue weighted by atomic mass is 10.0. The number of anilines is 1. The Hall–Kier alpha value is -2.28. The lowest BCUT2D eigenvalue weighted by molar-refractivity contribution is -0.132. The molecule has 0 bridgehead atoms. The number of likely N-dealkylation sites (tertiary alicyclic amines) is 1. The highest BCUT2D eigenvalue weighted by atomic mass is 16.6. The average molecular weight is 448 g/mol. The van der Waals surface area contributed by atoms with Crippen LogP contribution in [0.2, 0.25) is 0 Å². The van der Waals surface area contributed by atoms with Crippen molar-refractivity contribution in [2.24, 2.45) is 0 Å². The third kappa shape index (κ3) is 9.07. The van der Waals surface area contributed by atoms with E-state index in [1.165, 1.54) is 0 Å². The number of nitrogens with zero attached hydrogens (tertiary/aromatic N) is 2. The molecular formula is C25H41N3O4. The van der Waals surface area contributed by atoms with E-state index in [-0.39, 0.29) is 5.91 Å². The first-order chi connectivity index (χ1) is 15.0. The number of piperidine rings is 1. The van der Waals surface area contributed by atoms with Crippen LogP contribution in [0.15, 0.2) is 18.2 Å². The predicted molar refractivity (Wildman–Crippen MR) is 128 cm³/mol. The molecule has 1 aromatic rings. The number of carbonyl (C=O) groups is 2.